The van der Waals surface area contributed by atoms with Crippen molar-refractivity contribution in [3.8, 4) is 11.5 Å². The van der Waals surface area contributed by atoms with Gasteiger partial charge in [0.2, 0.25) is 0 Å². The Hall–Kier alpha value is -1.43. The molecule has 0 unspecified atom stereocenters. The van der Waals surface area contributed by atoms with Gasteiger partial charge in [0, 0.05) is 12.5 Å². The van der Waals surface area contributed by atoms with Gasteiger partial charge < -0.3 is 15.2 Å². The second-order valence-corrected chi connectivity index (χ2v) is 4.89. The fourth-order valence-electron chi connectivity index (χ4n) is 2.16. The quantitative estimate of drug-likeness (QED) is 0.844. The molecular weight excluding hydrogens is 247 g/mol. The zero-order valence-corrected chi connectivity index (χ0v) is 10.0. The number of fused-ring (bicyclic) bond motifs is 1. The molecule has 0 bridgehead atoms. The molecule has 0 saturated heterocycles. The summed E-state index contributed by atoms with van der Waals surface area (Å²) in [5.74, 6) is 0.0588. The van der Waals surface area contributed by atoms with Crippen molar-refractivity contribution in [2.24, 2.45) is 5.73 Å². The summed E-state index contributed by atoms with van der Waals surface area (Å²) in [4.78, 5) is 0. The van der Waals surface area contributed by atoms with Crippen LogP contribution in [-0.4, -0.2) is 12.0 Å². The number of nitrogens with two attached hydrogens (primary N) is 1. The number of halogens is 3. The maximum Gasteiger partial charge on any atom is 0.573 e. The van der Waals surface area contributed by atoms with Crippen molar-refractivity contribution >= 4 is 0 Å². The van der Waals surface area contributed by atoms with Gasteiger partial charge in [-0.2, -0.15) is 0 Å². The van der Waals surface area contributed by atoms with Crippen LogP contribution in [0.15, 0.2) is 18.2 Å². The molecule has 2 N–H and O–H groups in total. The molecule has 0 fully saturated rings. The smallest absolute Gasteiger partial charge is 0.487 e. The first-order valence-electron chi connectivity index (χ1n) is 5.51. The van der Waals surface area contributed by atoms with E-state index >= 15 is 0 Å². The molecule has 1 heterocycles. The van der Waals surface area contributed by atoms with Gasteiger partial charge in [0.1, 0.15) is 17.1 Å². The Morgan fingerprint density at radius 2 is 2.06 bits per heavy atom. The summed E-state index contributed by atoms with van der Waals surface area (Å²) >= 11 is 0. The van der Waals surface area contributed by atoms with Crippen LogP contribution in [0.4, 0.5) is 13.2 Å². The molecule has 6 heteroatoms. The van der Waals surface area contributed by atoms with Crippen molar-refractivity contribution in [3.63, 3.8) is 0 Å². The molecule has 100 valence electrons. The maximum absolute atomic E-state index is 12.3. The van der Waals surface area contributed by atoms with Gasteiger partial charge in [0.05, 0.1) is 5.56 Å². The number of hydrogen-bond acceptors (Lipinski definition) is 3. The molecule has 1 aliphatic rings. The van der Waals surface area contributed by atoms with E-state index in [1.165, 1.54) is 12.1 Å². The molecule has 1 atom stereocenters. The molecule has 0 amide bonds. The number of benzene rings is 1. The first-order valence-corrected chi connectivity index (χ1v) is 5.51. The molecule has 0 spiro atoms. The highest BCUT2D eigenvalue weighted by Gasteiger charge is 2.37. The van der Waals surface area contributed by atoms with Crippen LogP contribution in [0, 0.1) is 0 Å². The molecule has 1 aromatic carbocycles. The Kier molecular flexibility index (Phi) is 2.93. The van der Waals surface area contributed by atoms with Crippen molar-refractivity contribution < 1.29 is 22.6 Å². The van der Waals surface area contributed by atoms with Gasteiger partial charge >= 0.3 is 6.36 Å². The molecule has 18 heavy (non-hydrogen) atoms. The van der Waals surface area contributed by atoms with Crippen LogP contribution in [0.3, 0.4) is 0 Å². The molecule has 0 aromatic heterocycles. The molecule has 2 rings (SSSR count). The van der Waals surface area contributed by atoms with E-state index in [1.807, 2.05) is 13.8 Å². The summed E-state index contributed by atoms with van der Waals surface area (Å²) in [6.45, 7) is 3.68. The zero-order valence-electron chi connectivity index (χ0n) is 10.0. The number of alkyl halides is 3. The SMILES string of the molecule is CC1(C)C[C@H](N)c2c(OC(F)(F)F)cccc2O1. The molecule has 1 aromatic rings. The molecule has 0 saturated carbocycles. The Morgan fingerprint density at radius 1 is 1.39 bits per heavy atom. The summed E-state index contributed by atoms with van der Waals surface area (Å²) in [6.07, 6.45) is -4.31. The van der Waals surface area contributed by atoms with E-state index < -0.39 is 18.0 Å². The highest BCUT2D eigenvalue weighted by molar-refractivity contribution is 5.48. The standard InChI is InChI=1S/C12H14F3NO2/c1-11(2)6-7(16)10-8(17-11)4-3-5-9(10)18-12(13,14)15/h3-5,7H,6,16H2,1-2H3/t7-/m0/s1. The van der Waals surface area contributed by atoms with E-state index in [2.05, 4.69) is 4.74 Å². The Morgan fingerprint density at radius 3 is 2.67 bits per heavy atom. The largest absolute Gasteiger partial charge is 0.573 e. The van der Waals surface area contributed by atoms with E-state index in [9.17, 15) is 13.2 Å². The van der Waals surface area contributed by atoms with Crippen LogP contribution < -0.4 is 15.2 Å². The van der Waals surface area contributed by atoms with Gasteiger partial charge in [-0.05, 0) is 26.0 Å². The van der Waals surface area contributed by atoms with Crippen LogP contribution in [-0.2, 0) is 0 Å². The highest BCUT2D eigenvalue weighted by atomic mass is 19.4. The monoisotopic (exact) mass is 261 g/mol. The number of ether oxygens (including phenoxy) is 2. The second-order valence-electron chi connectivity index (χ2n) is 4.89. The number of rotatable bonds is 1. The third-order valence-electron chi connectivity index (χ3n) is 2.72. The molecule has 0 radical (unpaired) electrons. The van der Waals surface area contributed by atoms with Gasteiger partial charge in [-0.25, -0.2) is 0 Å². The topological polar surface area (TPSA) is 44.5 Å². The lowest BCUT2D eigenvalue weighted by Crippen LogP contribution is -2.37. The predicted molar refractivity (Wildman–Crippen MR) is 59.4 cm³/mol. The highest BCUT2D eigenvalue weighted by Crippen LogP contribution is 2.44. The summed E-state index contributed by atoms with van der Waals surface area (Å²) in [7, 11) is 0. The van der Waals surface area contributed by atoms with E-state index in [0.717, 1.165) is 0 Å². The predicted octanol–water partition coefficient (Wildman–Crippen LogP) is 3.15. The van der Waals surface area contributed by atoms with Crippen LogP contribution in [0.1, 0.15) is 31.9 Å². The lowest BCUT2D eigenvalue weighted by Gasteiger charge is -2.36. The third-order valence-corrected chi connectivity index (χ3v) is 2.72. The average Bonchev–Trinajstić information content (AvgIpc) is 2.11. The Balaban J connectivity index is 2.42. The minimum atomic E-state index is -4.73. The summed E-state index contributed by atoms with van der Waals surface area (Å²) in [5.41, 5.74) is 5.69. The fraction of sp³-hybridized carbons (Fsp3) is 0.500. The summed E-state index contributed by atoms with van der Waals surface area (Å²) in [5, 5.41) is 0. The minimum absolute atomic E-state index is 0.272. The first kappa shape index (κ1) is 13.0. The normalized spacial score (nSPS) is 22.0. The Labute approximate surface area is 103 Å². The van der Waals surface area contributed by atoms with Gasteiger partial charge in [-0.1, -0.05) is 6.07 Å². The lowest BCUT2D eigenvalue weighted by atomic mass is 9.90. The molecule has 0 aliphatic carbocycles. The fourth-order valence-corrected chi connectivity index (χ4v) is 2.16. The van der Waals surface area contributed by atoms with Crippen molar-refractivity contribution in [1.29, 1.82) is 0 Å². The zero-order chi connectivity index (χ0) is 13.6. The van der Waals surface area contributed by atoms with Gasteiger partial charge in [0.15, 0.2) is 0 Å². The van der Waals surface area contributed by atoms with Gasteiger partial charge in [-0.15, -0.1) is 13.2 Å². The molecular formula is C12H14F3NO2. The van der Waals surface area contributed by atoms with Crippen molar-refractivity contribution in [2.75, 3.05) is 0 Å². The van der Waals surface area contributed by atoms with Crippen LogP contribution in [0.2, 0.25) is 0 Å². The minimum Gasteiger partial charge on any atom is -0.487 e. The van der Waals surface area contributed by atoms with Crippen molar-refractivity contribution in [1.82, 2.24) is 0 Å². The van der Waals surface area contributed by atoms with Gasteiger partial charge in [0.25, 0.3) is 0 Å². The first-order chi connectivity index (χ1) is 8.18. The third kappa shape index (κ3) is 2.69. The average molecular weight is 261 g/mol. The molecule has 1 aliphatic heterocycles. The van der Waals surface area contributed by atoms with Crippen LogP contribution in [0.25, 0.3) is 0 Å². The van der Waals surface area contributed by atoms with Crippen LogP contribution in [0.5, 0.6) is 11.5 Å². The number of hydrogen-bond donors (Lipinski definition) is 1. The van der Waals surface area contributed by atoms with E-state index in [0.29, 0.717) is 12.2 Å². The maximum atomic E-state index is 12.3. The Bertz CT molecular complexity index is 457. The van der Waals surface area contributed by atoms with E-state index in [-0.39, 0.29) is 11.3 Å². The lowest BCUT2D eigenvalue weighted by molar-refractivity contribution is -0.275. The van der Waals surface area contributed by atoms with Crippen molar-refractivity contribution in [2.45, 2.75) is 38.3 Å². The summed E-state index contributed by atoms with van der Waals surface area (Å²) < 4.78 is 46.5. The van der Waals surface area contributed by atoms with Crippen molar-refractivity contribution in [3.05, 3.63) is 23.8 Å². The molecule has 3 nitrogen and oxygen atoms in total. The second kappa shape index (κ2) is 4.05. The van der Waals surface area contributed by atoms with Crippen LogP contribution >= 0.6 is 0 Å². The summed E-state index contributed by atoms with van der Waals surface area (Å²) in [6, 6.07) is 3.75. The van der Waals surface area contributed by atoms with E-state index in [4.69, 9.17) is 10.5 Å². The van der Waals surface area contributed by atoms with Gasteiger partial charge in [-0.3, -0.25) is 0 Å². The van der Waals surface area contributed by atoms with E-state index in [1.54, 1.807) is 6.07 Å².